The van der Waals surface area contributed by atoms with Crippen LogP contribution in [0.3, 0.4) is 0 Å². The molecule has 2 atom stereocenters. The van der Waals surface area contributed by atoms with Crippen LogP contribution in [0.2, 0.25) is 0 Å². The van der Waals surface area contributed by atoms with Gasteiger partial charge >= 0.3 is 0 Å². The molecule has 2 saturated heterocycles. The molecule has 0 saturated carbocycles. The molecule has 0 radical (unpaired) electrons. The minimum absolute atomic E-state index is 0.639. The van der Waals surface area contributed by atoms with Crippen LogP contribution in [0.1, 0.15) is 47.9 Å². The summed E-state index contributed by atoms with van der Waals surface area (Å²) in [5.41, 5.74) is 8.35. The number of methoxy groups -OCH3 is 1. The largest absolute Gasteiger partial charge is 0.497 e. The van der Waals surface area contributed by atoms with E-state index in [-0.39, 0.29) is 0 Å². The van der Waals surface area contributed by atoms with Crippen LogP contribution in [0.15, 0.2) is 84.4 Å². The van der Waals surface area contributed by atoms with Gasteiger partial charge in [-0.25, -0.2) is 0 Å². The molecule has 3 aromatic carbocycles. The Kier molecular flexibility index (Phi) is 5.65. The molecule has 0 aliphatic carbocycles. The van der Waals surface area contributed by atoms with Crippen molar-refractivity contribution in [2.75, 3.05) is 7.11 Å². The Hall–Kier alpha value is -2.84. The number of rotatable bonds is 5. The molecule has 5 rings (SSSR count). The van der Waals surface area contributed by atoms with Crippen LogP contribution in [0, 0.1) is 6.92 Å². The number of hydrogen-bond acceptors (Lipinski definition) is 2. The molecule has 0 N–H and O–H groups in total. The maximum absolute atomic E-state index is 5.55. The highest BCUT2D eigenvalue weighted by atomic mass is 16.5. The lowest BCUT2D eigenvalue weighted by Crippen LogP contribution is -2.40. The topological polar surface area (TPSA) is 12.5 Å². The molecular formula is C29H31NO. The lowest BCUT2D eigenvalue weighted by atomic mass is 9.85. The zero-order chi connectivity index (χ0) is 21.2. The second-order valence-corrected chi connectivity index (χ2v) is 9.03. The van der Waals surface area contributed by atoms with E-state index in [2.05, 4.69) is 84.6 Å². The summed E-state index contributed by atoms with van der Waals surface area (Å²) in [7, 11) is 1.75. The van der Waals surface area contributed by atoms with E-state index in [4.69, 9.17) is 4.74 Å². The Morgan fingerprint density at radius 2 is 1.55 bits per heavy atom. The number of nitrogens with zero attached hydrogens (tertiary/aromatic N) is 1. The number of ether oxygens (including phenoxy) is 1. The number of hydrogen-bond donors (Lipinski definition) is 0. The van der Waals surface area contributed by atoms with Crippen molar-refractivity contribution in [3.05, 3.63) is 107 Å². The molecule has 3 aromatic rings. The van der Waals surface area contributed by atoms with Gasteiger partial charge in [-0.1, -0.05) is 77.9 Å². The molecule has 2 unspecified atom stereocenters. The zero-order valence-electron chi connectivity index (χ0n) is 18.6. The van der Waals surface area contributed by atoms with Crippen molar-refractivity contribution in [3.8, 4) is 5.75 Å². The normalized spacial score (nSPS) is 20.6. The fraction of sp³-hybridized carbons (Fsp3) is 0.310. The fourth-order valence-corrected chi connectivity index (χ4v) is 5.44. The van der Waals surface area contributed by atoms with Crippen LogP contribution in [0.4, 0.5) is 0 Å². The van der Waals surface area contributed by atoms with Crippen LogP contribution >= 0.6 is 0 Å². The van der Waals surface area contributed by atoms with Gasteiger partial charge in [-0.15, -0.1) is 0 Å². The van der Waals surface area contributed by atoms with Crippen molar-refractivity contribution in [2.45, 2.75) is 51.2 Å². The smallest absolute Gasteiger partial charge is 0.119 e. The van der Waals surface area contributed by atoms with E-state index in [0.717, 1.165) is 25.1 Å². The molecule has 158 valence electrons. The van der Waals surface area contributed by atoms with Gasteiger partial charge < -0.3 is 4.74 Å². The third-order valence-electron chi connectivity index (χ3n) is 7.00. The van der Waals surface area contributed by atoms with E-state index in [0.29, 0.717) is 12.1 Å². The molecule has 0 aromatic heterocycles. The predicted octanol–water partition coefficient (Wildman–Crippen LogP) is 6.63. The zero-order valence-corrected chi connectivity index (χ0v) is 18.6. The minimum Gasteiger partial charge on any atom is -0.497 e. The summed E-state index contributed by atoms with van der Waals surface area (Å²) >= 11 is 0. The second-order valence-electron chi connectivity index (χ2n) is 9.03. The lowest BCUT2D eigenvalue weighted by molar-refractivity contribution is 0.158. The van der Waals surface area contributed by atoms with E-state index in [1.165, 1.54) is 40.7 Å². The first kappa shape index (κ1) is 20.1. The van der Waals surface area contributed by atoms with Gasteiger partial charge in [-0.05, 0) is 67.0 Å². The first-order valence-electron chi connectivity index (χ1n) is 11.4. The van der Waals surface area contributed by atoms with Gasteiger partial charge in [0.25, 0.3) is 0 Å². The Balaban J connectivity index is 1.52. The first-order valence-corrected chi connectivity index (χ1v) is 11.4. The van der Waals surface area contributed by atoms with Crippen molar-refractivity contribution >= 4 is 5.57 Å². The van der Waals surface area contributed by atoms with Crippen LogP contribution in [0.5, 0.6) is 5.75 Å². The maximum Gasteiger partial charge on any atom is 0.119 e. The van der Waals surface area contributed by atoms with E-state index >= 15 is 0 Å². The lowest BCUT2D eigenvalue weighted by Gasteiger charge is -2.37. The molecule has 0 spiro atoms. The third kappa shape index (κ3) is 4.18. The summed E-state index contributed by atoms with van der Waals surface area (Å²) in [6, 6.07) is 29.8. The number of benzene rings is 3. The van der Waals surface area contributed by atoms with Crippen molar-refractivity contribution in [1.82, 2.24) is 4.90 Å². The molecule has 2 fully saturated rings. The maximum atomic E-state index is 5.55. The summed E-state index contributed by atoms with van der Waals surface area (Å²) in [6.45, 7) is 3.23. The van der Waals surface area contributed by atoms with Crippen LogP contribution in [-0.4, -0.2) is 24.1 Å². The quantitative estimate of drug-likeness (QED) is 0.469. The molecule has 2 heteroatoms. The third-order valence-corrected chi connectivity index (χ3v) is 7.00. The van der Waals surface area contributed by atoms with Gasteiger partial charge in [-0.2, -0.15) is 0 Å². The van der Waals surface area contributed by atoms with E-state index in [9.17, 15) is 0 Å². The second kappa shape index (κ2) is 8.72. The molecule has 31 heavy (non-hydrogen) atoms. The highest BCUT2D eigenvalue weighted by Gasteiger charge is 2.39. The summed E-state index contributed by atoms with van der Waals surface area (Å²) < 4.78 is 5.55. The molecule has 0 amide bonds. The van der Waals surface area contributed by atoms with Gasteiger partial charge in [0.15, 0.2) is 0 Å². The van der Waals surface area contributed by atoms with E-state index < -0.39 is 0 Å². The highest BCUT2D eigenvalue weighted by Crippen LogP contribution is 2.43. The molecule has 2 nitrogen and oxygen atoms in total. The van der Waals surface area contributed by atoms with Crippen LogP contribution in [0.25, 0.3) is 5.57 Å². The van der Waals surface area contributed by atoms with Crippen molar-refractivity contribution in [1.29, 1.82) is 0 Å². The Morgan fingerprint density at radius 1 is 0.839 bits per heavy atom. The van der Waals surface area contributed by atoms with Gasteiger partial charge in [0.2, 0.25) is 0 Å². The summed E-state index contributed by atoms with van der Waals surface area (Å²) in [6.07, 6.45) is 4.92. The average Bonchev–Trinajstić information content (AvgIpc) is 3.03. The van der Waals surface area contributed by atoms with E-state index in [1.54, 1.807) is 12.7 Å². The van der Waals surface area contributed by atoms with Crippen LogP contribution < -0.4 is 4.74 Å². The van der Waals surface area contributed by atoms with Gasteiger partial charge in [-0.3, -0.25) is 4.90 Å². The summed E-state index contributed by atoms with van der Waals surface area (Å²) in [5, 5.41) is 0. The summed E-state index contributed by atoms with van der Waals surface area (Å²) in [4.78, 5) is 2.76. The molecule has 2 aliphatic heterocycles. The highest BCUT2D eigenvalue weighted by molar-refractivity contribution is 5.83. The summed E-state index contributed by atoms with van der Waals surface area (Å²) in [5.74, 6) is 0.923. The van der Waals surface area contributed by atoms with Crippen LogP contribution in [-0.2, 0) is 6.54 Å². The number of fused-ring (bicyclic) bond motifs is 2. The van der Waals surface area contributed by atoms with Gasteiger partial charge in [0, 0.05) is 18.6 Å². The Labute approximate surface area is 186 Å². The van der Waals surface area contributed by atoms with Gasteiger partial charge in [0.05, 0.1) is 7.11 Å². The first-order chi connectivity index (χ1) is 15.2. The molecule has 2 aliphatic rings. The average molecular weight is 410 g/mol. The predicted molar refractivity (Wildman–Crippen MR) is 128 cm³/mol. The van der Waals surface area contributed by atoms with Crippen molar-refractivity contribution in [2.24, 2.45) is 0 Å². The molecule has 2 heterocycles. The van der Waals surface area contributed by atoms with E-state index in [1.807, 2.05) is 6.07 Å². The monoisotopic (exact) mass is 409 g/mol. The number of piperidine rings is 1. The van der Waals surface area contributed by atoms with Crippen molar-refractivity contribution < 1.29 is 4.74 Å². The van der Waals surface area contributed by atoms with Gasteiger partial charge in [0.1, 0.15) is 5.75 Å². The Bertz CT molecular complexity index is 1050. The standard InChI is InChI=1S/C29H31NO/c1-21-11-13-23(14-12-21)29(24-9-6-10-28(19-24)31-2)25-17-26-15-16-27(18-25)30(26)20-22-7-4-3-5-8-22/h3-14,19,26-27H,15-18,20H2,1-2H3. The fourth-order valence-electron chi connectivity index (χ4n) is 5.44. The SMILES string of the molecule is COc1cccc(C(=C2CC3CCC(C2)N3Cc2ccccc2)c2ccc(C)cc2)c1. The number of aryl methyl sites for hydroxylation is 1. The molecular weight excluding hydrogens is 378 g/mol. The van der Waals surface area contributed by atoms with Crippen molar-refractivity contribution in [3.63, 3.8) is 0 Å². The molecule has 2 bridgehead atoms. The Morgan fingerprint density at radius 3 is 2.23 bits per heavy atom. The minimum atomic E-state index is 0.639.